The van der Waals surface area contributed by atoms with Crippen molar-refractivity contribution in [1.82, 2.24) is 10.2 Å². The van der Waals surface area contributed by atoms with Crippen LogP contribution in [-0.4, -0.2) is 50.7 Å². The van der Waals surface area contributed by atoms with E-state index >= 15 is 0 Å². The number of hydrogen-bond acceptors (Lipinski definition) is 3. The number of halogens is 1. The van der Waals surface area contributed by atoms with Gasteiger partial charge >= 0.3 is 0 Å². The van der Waals surface area contributed by atoms with Crippen molar-refractivity contribution in [2.45, 2.75) is 19.3 Å². The zero-order chi connectivity index (χ0) is 11.4. The van der Waals surface area contributed by atoms with E-state index in [1.165, 1.54) is 0 Å². The van der Waals surface area contributed by atoms with Crippen LogP contribution in [0.2, 0.25) is 0 Å². The van der Waals surface area contributed by atoms with Gasteiger partial charge in [0.2, 0.25) is 5.91 Å². The Balaban J connectivity index is 0.00000144. The Morgan fingerprint density at radius 3 is 2.94 bits per heavy atom. The smallest absolute Gasteiger partial charge is 0.226 e. The molecule has 2 aliphatic rings. The number of carbonyl (C=O) groups excluding carboxylic acids is 1. The molecule has 2 atom stereocenters. The van der Waals surface area contributed by atoms with Crippen LogP contribution in [0.1, 0.15) is 19.3 Å². The SMILES string of the molecule is COCC1CCN(C(=O)[C@@H]2CCCNC2)C1.Cl. The summed E-state index contributed by atoms with van der Waals surface area (Å²) in [5.41, 5.74) is 0. The average molecular weight is 263 g/mol. The molecule has 2 saturated heterocycles. The van der Waals surface area contributed by atoms with Gasteiger partial charge in [-0.05, 0) is 25.8 Å². The van der Waals surface area contributed by atoms with Crippen molar-refractivity contribution in [2.24, 2.45) is 11.8 Å². The number of nitrogens with one attached hydrogen (secondary N) is 1. The molecule has 0 aromatic rings. The van der Waals surface area contributed by atoms with Gasteiger partial charge in [-0.25, -0.2) is 0 Å². The lowest BCUT2D eigenvalue weighted by Crippen LogP contribution is -2.42. The first-order chi connectivity index (χ1) is 7.81. The molecule has 2 heterocycles. The third kappa shape index (κ3) is 3.83. The molecular weight excluding hydrogens is 240 g/mol. The van der Waals surface area contributed by atoms with Crippen LogP contribution in [0.15, 0.2) is 0 Å². The van der Waals surface area contributed by atoms with Crippen molar-refractivity contribution in [2.75, 3.05) is 39.9 Å². The molecule has 2 rings (SSSR count). The van der Waals surface area contributed by atoms with Gasteiger partial charge in [-0.15, -0.1) is 12.4 Å². The van der Waals surface area contributed by atoms with Gasteiger partial charge in [0, 0.05) is 32.7 Å². The topological polar surface area (TPSA) is 41.6 Å². The van der Waals surface area contributed by atoms with Gasteiger partial charge in [0.1, 0.15) is 0 Å². The van der Waals surface area contributed by atoms with Crippen molar-refractivity contribution in [3.8, 4) is 0 Å². The van der Waals surface area contributed by atoms with E-state index in [1.54, 1.807) is 7.11 Å². The highest BCUT2D eigenvalue weighted by Crippen LogP contribution is 2.21. The lowest BCUT2D eigenvalue weighted by atomic mass is 9.98. The molecule has 0 aromatic heterocycles. The van der Waals surface area contributed by atoms with Crippen molar-refractivity contribution >= 4 is 18.3 Å². The number of hydrogen-bond donors (Lipinski definition) is 1. The molecular formula is C12H23ClN2O2. The minimum Gasteiger partial charge on any atom is -0.384 e. The first-order valence-corrected chi connectivity index (χ1v) is 6.29. The second-order valence-corrected chi connectivity index (χ2v) is 4.94. The molecule has 1 unspecified atom stereocenters. The van der Waals surface area contributed by atoms with Crippen LogP contribution in [0.3, 0.4) is 0 Å². The van der Waals surface area contributed by atoms with Crippen LogP contribution >= 0.6 is 12.4 Å². The van der Waals surface area contributed by atoms with E-state index in [0.717, 1.165) is 52.0 Å². The van der Waals surface area contributed by atoms with Crippen LogP contribution in [0.5, 0.6) is 0 Å². The number of amides is 1. The van der Waals surface area contributed by atoms with Gasteiger partial charge in [0.15, 0.2) is 0 Å². The van der Waals surface area contributed by atoms with Gasteiger partial charge in [-0.2, -0.15) is 0 Å². The summed E-state index contributed by atoms with van der Waals surface area (Å²) in [6, 6.07) is 0. The molecule has 4 nitrogen and oxygen atoms in total. The Bertz CT molecular complexity index is 245. The fraction of sp³-hybridized carbons (Fsp3) is 0.917. The van der Waals surface area contributed by atoms with Crippen LogP contribution in [0.25, 0.3) is 0 Å². The lowest BCUT2D eigenvalue weighted by Gasteiger charge is -2.26. The normalized spacial score (nSPS) is 28.9. The third-order valence-corrected chi connectivity index (χ3v) is 3.65. The molecule has 2 fully saturated rings. The number of nitrogens with zero attached hydrogens (tertiary/aromatic N) is 1. The number of likely N-dealkylation sites (tertiary alicyclic amines) is 1. The summed E-state index contributed by atoms with van der Waals surface area (Å²) in [7, 11) is 1.73. The van der Waals surface area contributed by atoms with Gasteiger partial charge in [0.05, 0.1) is 12.5 Å². The van der Waals surface area contributed by atoms with E-state index in [-0.39, 0.29) is 18.3 Å². The second kappa shape index (κ2) is 7.19. The molecule has 17 heavy (non-hydrogen) atoms. The zero-order valence-electron chi connectivity index (χ0n) is 10.5. The van der Waals surface area contributed by atoms with Gasteiger partial charge in [0.25, 0.3) is 0 Å². The highest BCUT2D eigenvalue weighted by Gasteiger charge is 2.31. The summed E-state index contributed by atoms with van der Waals surface area (Å²) in [6.07, 6.45) is 3.28. The monoisotopic (exact) mass is 262 g/mol. The molecule has 0 aliphatic carbocycles. The van der Waals surface area contributed by atoms with Crippen molar-refractivity contribution in [1.29, 1.82) is 0 Å². The Kier molecular flexibility index (Phi) is 6.23. The molecule has 1 amide bonds. The quantitative estimate of drug-likeness (QED) is 0.822. The minimum absolute atomic E-state index is 0. The molecule has 0 aromatic carbocycles. The van der Waals surface area contributed by atoms with Crippen molar-refractivity contribution < 1.29 is 9.53 Å². The molecule has 0 radical (unpaired) electrons. The highest BCUT2D eigenvalue weighted by atomic mass is 35.5. The zero-order valence-corrected chi connectivity index (χ0v) is 11.3. The summed E-state index contributed by atoms with van der Waals surface area (Å²) in [5, 5.41) is 3.30. The van der Waals surface area contributed by atoms with Gasteiger partial charge in [-0.3, -0.25) is 4.79 Å². The number of piperidine rings is 1. The first-order valence-electron chi connectivity index (χ1n) is 6.29. The predicted octanol–water partition coefficient (Wildman–Crippen LogP) is 0.903. The maximum atomic E-state index is 12.2. The van der Waals surface area contributed by atoms with Crippen LogP contribution in [0, 0.1) is 11.8 Å². The van der Waals surface area contributed by atoms with Gasteiger partial charge < -0.3 is 15.0 Å². The number of ether oxygens (including phenoxy) is 1. The fourth-order valence-electron chi connectivity index (χ4n) is 2.73. The Hall–Kier alpha value is -0.320. The minimum atomic E-state index is 0. The molecule has 0 bridgehead atoms. The molecule has 1 N–H and O–H groups in total. The highest BCUT2D eigenvalue weighted by molar-refractivity contribution is 5.85. The van der Waals surface area contributed by atoms with E-state index in [9.17, 15) is 4.79 Å². The van der Waals surface area contributed by atoms with Gasteiger partial charge in [-0.1, -0.05) is 0 Å². The molecule has 0 saturated carbocycles. The Morgan fingerprint density at radius 1 is 1.47 bits per heavy atom. The van der Waals surface area contributed by atoms with E-state index < -0.39 is 0 Å². The second-order valence-electron chi connectivity index (χ2n) is 4.94. The summed E-state index contributed by atoms with van der Waals surface area (Å²) < 4.78 is 5.15. The Labute approximate surface area is 109 Å². The van der Waals surface area contributed by atoms with E-state index in [0.29, 0.717) is 11.8 Å². The molecule has 0 spiro atoms. The van der Waals surface area contributed by atoms with E-state index in [1.807, 2.05) is 4.90 Å². The molecule has 100 valence electrons. The van der Waals surface area contributed by atoms with Crippen LogP contribution in [-0.2, 0) is 9.53 Å². The maximum absolute atomic E-state index is 12.2. The Morgan fingerprint density at radius 2 is 2.29 bits per heavy atom. The average Bonchev–Trinajstić information content (AvgIpc) is 2.78. The number of carbonyl (C=O) groups is 1. The largest absolute Gasteiger partial charge is 0.384 e. The summed E-state index contributed by atoms with van der Waals surface area (Å²) in [6.45, 7) is 4.53. The summed E-state index contributed by atoms with van der Waals surface area (Å²) in [4.78, 5) is 14.2. The number of rotatable bonds is 3. The number of methoxy groups -OCH3 is 1. The van der Waals surface area contributed by atoms with Crippen LogP contribution in [0.4, 0.5) is 0 Å². The predicted molar refractivity (Wildman–Crippen MR) is 69.4 cm³/mol. The van der Waals surface area contributed by atoms with Crippen molar-refractivity contribution in [3.05, 3.63) is 0 Å². The third-order valence-electron chi connectivity index (χ3n) is 3.65. The molecule has 5 heteroatoms. The summed E-state index contributed by atoms with van der Waals surface area (Å²) in [5.74, 6) is 1.12. The van der Waals surface area contributed by atoms with Crippen LogP contribution < -0.4 is 5.32 Å². The van der Waals surface area contributed by atoms with Crippen molar-refractivity contribution in [3.63, 3.8) is 0 Å². The van der Waals surface area contributed by atoms with E-state index in [4.69, 9.17) is 4.74 Å². The standard InChI is InChI=1S/C12H22N2O2.ClH/c1-16-9-10-4-6-14(8-10)12(15)11-3-2-5-13-7-11;/h10-11,13H,2-9H2,1H3;1H/t10?,11-;/m1./s1. The lowest BCUT2D eigenvalue weighted by molar-refractivity contribution is -0.135. The maximum Gasteiger partial charge on any atom is 0.226 e. The molecule has 2 aliphatic heterocycles. The van der Waals surface area contributed by atoms with E-state index in [2.05, 4.69) is 5.32 Å². The summed E-state index contributed by atoms with van der Waals surface area (Å²) >= 11 is 0. The fourth-order valence-corrected chi connectivity index (χ4v) is 2.73. The first kappa shape index (κ1) is 14.7.